The lowest BCUT2D eigenvalue weighted by molar-refractivity contribution is -0.114. The molecule has 0 bridgehead atoms. The molecule has 0 unspecified atom stereocenters. The van der Waals surface area contributed by atoms with Crippen LogP contribution in [0.1, 0.15) is 11.1 Å². The summed E-state index contributed by atoms with van der Waals surface area (Å²) >= 11 is 0. The molecule has 0 saturated heterocycles. The summed E-state index contributed by atoms with van der Waals surface area (Å²) in [4.78, 5) is 11.2. The minimum absolute atomic E-state index is 0.0313. The Morgan fingerprint density at radius 1 is 1.47 bits per heavy atom. The minimum atomic E-state index is -0.222. The second kappa shape index (κ2) is 4.79. The van der Waals surface area contributed by atoms with Crippen molar-refractivity contribution in [2.45, 2.75) is 13.8 Å². The number of hydrogen-bond acceptors (Lipinski definition) is 3. The molecule has 0 aliphatic heterocycles. The van der Waals surface area contributed by atoms with Gasteiger partial charge in [0, 0.05) is 0 Å². The number of amides is 1. The summed E-state index contributed by atoms with van der Waals surface area (Å²) in [6.45, 7) is 3.86. The molecule has 0 saturated carbocycles. The Bertz CT molecular complexity index is 375. The van der Waals surface area contributed by atoms with Crippen LogP contribution in [0.25, 0.3) is 0 Å². The van der Waals surface area contributed by atoms with E-state index in [1.807, 2.05) is 26.0 Å². The molecule has 0 heterocycles. The third kappa shape index (κ3) is 2.70. The summed E-state index contributed by atoms with van der Waals surface area (Å²) in [5.41, 5.74) is 7.99. The second-order valence-electron chi connectivity index (χ2n) is 3.41. The van der Waals surface area contributed by atoms with Gasteiger partial charge in [-0.2, -0.15) is 0 Å². The van der Waals surface area contributed by atoms with Crippen molar-refractivity contribution in [3.8, 4) is 5.75 Å². The van der Waals surface area contributed by atoms with E-state index in [1.165, 1.54) is 0 Å². The number of aryl methyl sites for hydroxylation is 2. The molecular formula is C11H16N2O2. The lowest BCUT2D eigenvalue weighted by Crippen LogP contribution is -2.22. The third-order valence-corrected chi connectivity index (χ3v) is 2.11. The molecule has 0 aliphatic rings. The average Bonchev–Trinajstić information content (AvgIpc) is 2.21. The Labute approximate surface area is 89.4 Å². The number of anilines is 1. The minimum Gasteiger partial charge on any atom is -0.495 e. The number of nitrogens with two attached hydrogens (primary N) is 1. The molecule has 1 aromatic rings. The molecule has 4 heteroatoms. The van der Waals surface area contributed by atoms with Crippen molar-refractivity contribution in [1.29, 1.82) is 0 Å². The quantitative estimate of drug-likeness (QED) is 0.784. The van der Waals surface area contributed by atoms with E-state index in [2.05, 4.69) is 5.32 Å². The largest absolute Gasteiger partial charge is 0.495 e. The normalized spacial score (nSPS) is 9.87. The van der Waals surface area contributed by atoms with E-state index in [0.29, 0.717) is 11.4 Å². The highest BCUT2D eigenvalue weighted by Crippen LogP contribution is 2.29. The molecule has 4 nitrogen and oxygen atoms in total. The predicted molar refractivity (Wildman–Crippen MR) is 60.2 cm³/mol. The van der Waals surface area contributed by atoms with Gasteiger partial charge in [-0.15, -0.1) is 0 Å². The van der Waals surface area contributed by atoms with Crippen molar-refractivity contribution in [3.05, 3.63) is 23.3 Å². The van der Waals surface area contributed by atoms with E-state index in [4.69, 9.17) is 10.5 Å². The third-order valence-electron chi connectivity index (χ3n) is 2.11. The van der Waals surface area contributed by atoms with Crippen molar-refractivity contribution < 1.29 is 9.53 Å². The number of carbonyl (C=O) groups excluding carboxylic acids is 1. The second-order valence-corrected chi connectivity index (χ2v) is 3.41. The molecule has 0 atom stereocenters. The maximum atomic E-state index is 11.2. The van der Waals surface area contributed by atoms with Crippen LogP contribution >= 0.6 is 0 Å². The van der Waals surface area contributed by atoms with Gasteiger partial charge in [0.2, 0.25) is 5.91 Å². The van der Waals surface area contributed by atoms with Crippen molar-refractivity contribution >= 4 is 11.6 Å². The maximum absolute atomic E-state index is 11.2. The average molecular weight is 208 g/mol. The van der Waals surface area contributed by atoms with Crippen LogP contribution in [0.2, 0.25) is 0 Å². The van der Waals surface area contributed by atoms with Crippen LogP contribution in [-0.4, -0.2) is 19.6 Å². The summed E-state index contributed by atoms with van der Waals surface area (Å²) < 4.78 is 5.20. The highest BCUT2D eigenvalue weighted by molar-refractivity contribution is 5.94. The lowest BCUT2D eigenvalue weighted by atomic mass is 10.1. The first-order chi connectivity index (χ1) is 7.08. The zero-order valence-corrected chi connectivity index (χ0v) is 9.26. The summed E-state index contributed by atoms with van der Waals surface area (Å²) in [5, 5.41) is 2.72. The summed E-state index contributed by atoms with van der Waals surface area (Å²) in [6, 6.07) is 3.85. The standard InChI is InChI=1S/C11H16N2O2/c1-7-4-8(2)11(9(5-7)15-3)13-10(14)6-12/h4-5H,6,12H2,1-3H3,(H,13,14). The SMILES string of the molecule is COc1cc(C)cc(C)c1NC(=O)CN. The van der Waals surface area contributed by atoms with E-state index in [0.717, 1.165) is 11.1 Å². The first-order valence-corrected chi connectivity index (χ1v) is 4.73. The monoisotopic (exact) mass is 208 g/mol. The number of rotatable bonds is 3. The molecule has 3 N–H and O–H groups in total. The van der Waals surface area contributed by atoms with Gasteiger partial charge in [-0.25, -0.2) is 0 Å². The maximum Gasteiger partial charge on any atom is 0.238 e. The fourth-order valence-corrected chi connectivity index (χ4v) is 1.44. The van der Waals surface area contributed by atoms with E-state index >= 15 is 0 Å². The Morgan fingerprint density at radius 2 is 2.13 bits per heavy atom. The Morgan fingerprint density at radius 3 is 2.67 bits per heavy atom. The van der Waals surface area contributed by atoms with Crippen LogP contribution in [0.3, 0.4) is 0 Å². The fraction of sp³-hybridized carbons (Fsp3) is 0.364. The molecule has 0 radical (unpaired) electrons. The molecule has 0 aromatic heterocycles. The number of ether oxygens (including phenoxy) is 1. The van der Waals surface area contributed by atoms with Crippen LogP contribution < -0.4 is 15.8 Å². The lowest BCUT2D eigenvalue weighted by Gasteiger charge is -2.13. The van der Waals surface area contributed by atoms with Crippen molar-refractivity contribution in [2.24, 2.45) is 5.73 Å². The molecule has 15 heavy (non-hydrogen) atoms. The van der Waals surface area contributed by atoms with E-state index < -0.39 is 0 Å². The van der Waals surface area contributed by atoms with Gasteiger partial charge in [-0.05, 0) is 31.0 Å². The van der Waals surface area contributed by atoms with Crippen LogP contribution in [0.15, 0.2) is 12.1 Å². The van der Waals surface area contributed by atoms with Gasteiger partial charge in [-0.1, -0.05) is 6.07 Å². The topological polar surface area (TPSA) is 64.3 Å². The highest BCUT2D eigenvalue weighted by atomic mass is 16.5. The molecule has 0 aliphatic carbocycles. The van der Waals surface area contributed by atoms with Crippen LogP contribution in [0.5, 0.6) is 5.75 Å². The van der Waals surface area contributed by atoms with Crippen LogP contribution in [0, 0.1) is 13.8 Å². The number of methoxy groups -OCH3 is 1. The first-order valence-electron chi connectivity index (χ1n) is 4.73. The summed E-state index contributed by atoms with van der Waals surface area (Å²) in [7, 11) is 1.58. The van der Waals surface area contributed by atoms with Gasteiger partial charge < -0.3 is 15.8 Å². The van der Waals surface area contributed by atoms with Crippen molar-refractivity contribution in [2.75, 3.05) is 19.0 Å². The summed E-state index contributed by atoms with van der Waals surface area (Å²) in [6.07, 6.45) is 0. The number of carbonyl (C=O) groups is 1. The number of hydrogen-bond donors (Lipinski definition) is 2. The number of nitrogens with one attached hydrogen (secondary N) is 1. The Hall–Kier alpha value is -1.55. The molecular weight excluding hydrogens is 192 g/mol. The zero-order valence-electron chi connectivity index (χ0n) is 9.26. The Kier molecular flexibility index (Phi) is 3.68. The van der Waals surface area contributed by atoms with Crippen LogP contribution in [0.4, 0.5) is 5.69 Å². The van der Waals surface area contributed by atoms with Gasteiger partial charge in [-0.3, -0.25) is 4.79 Å². The van der Waals surface area contributed by atoms with Gasteiger partial charge >= 0.3 is 0 Å². The molecule has 1 amide bonds. The summed E-state index contributed by atoms with van der Waals surface area (Å²) in [5.74, 6) is 0.439. The highest BCUT2D eigenvalue weighted by Gasteiger charge is 2.09. The van der Waals surface area contributed by atoms with Gasteiger partial charge in [0.25, 0.3) is 0 Å². The molecule has 0 fully saturated rings. The fourth-order valence-electron chi connectivity index (χ4n) is 1.44. The molecule has 0 spiro atoms. The first kappa shape index (κ1) is 11.5. The van der Waals surface area contributed by atoms with Crippen molar-refractivity contribution in [3.63, 3.8) is 0 Å². The Balaban J connectivity index is 3.09. The number of benzene rings is 1. The van der Waals surface area contributed by atoms with E-state index in [9.17, 15) is 4.79 Å². The van der Waals surface area contributed by atoms with Gasteiger partial charge in [0.15, 0.2) is 0 Å². The van der Waals surface area contributed by atoms with Crippen LogP contribution in [-0.2, 0) is 4.79 Å². The predicted octanol–water partition coefficient (Wildman–Crippen LogP) is 1.21. The van der Waals surface area contributed by atoms with Gasteiger partial charge in [0.05, 0.1) is 19.3 Å². The molecule has 82 valence electrons. The van der Waals surface area contributed by atoms with Crippen molar-refractivity contribution in [1.82, 2.24) is 0 Å². The molecule has 1 aromatic carbocycles. The smallest absolute Gasteiger partial charge is 0.238 e. The molecule has 1 rings (SSSR count). The van der Waals surface area contributed by atoms with E-state index in [1.54, 1.807) is 7.11 Å². The van der Waals surface area contributed by atoms with E-state index in [-0.39, 0.29) is 12.5 Å². The van der Waals surface area contributed by atoms with Gasteiger partial charge in [0.1, 0.15) is 5.75 Å². The zero-order chi connectivity index (χ0) is 11.4.